The van der Waals surface area contributed by atoms with Gasteiger partial charge in [-0.1, -0.05) is 29.5 Å². The second kappa shape index (κ2) is 7.71. The molecule has 1 amide bonds. The van der Waals surface area contributed by atoms with E-state index in [1.165, 1.54) is 23.5 Å². The molecule has 0 spiro atoms. The van der Waals surface area contributed by atoms with Crippen molar-refractivity contribution in [2.75, 3.05) is 49.6 Å². The van der Waals surface area contributed by atoms with Crippen LogP contribution >= 0.6 is 11.3 Å². The third-order valence-corrected chi connectivity index (χ3v) is 6.02. The Morgan fingerprint density at radius 2 is 1.79 bits per heavy atom. The molecule has 0 N–H and O–H groups in total. The molecule has 1 aliphatic heterocycles. The van der Waals surface area contributed by atoms with Gasteiger partial charge in [-0.2, -0.15) is 0 Å². The van der Waals surface area contributed by atoms with Crippen LogP contribution in [-0.2, 0) is 4.79 Å². The van der Waals surface area contributed by atoms with E-state index in [0.29, 0.717) is 42.5 Å². The zero-order chi connectivity index (χ0) is 19.7. The van der Waals surface area contributed by atoms with Gasteiger partial charge in [-0.25, -0.2) is 13.8 Å². The number of anilines is 2. The fraction of sp³-hybridized carbons (Fsp3) is 0.300. The summed E-state index contributed by atoms with van der Waals surface area (Å²) in [4.78, 5) is 22.5. The Labute approximate surface area is 165 Å². The van der Waals surface area contributed by atoms with Crippen LogP contribution < -0.4 is 9.80 Å². The molecular formula is C20H20F2N4OS. The number of benzene rings is 2. The van der Waals surface area contributed by atoms with Crippen molar-refractivity contribution in [3.63, 3.8) is 0 Å². The van der Waals surface area contributed by atoms with Crippen LogP contribution in [0.3, 0.4) is 0 Å². The fourth-order valence-electron chi connectivity index (χ4n) is 3.34. The van der Waals surface area contributed by atoms with E-state index in [-0.39, 0.29) is 24.1 Å². The largest absolute Gasteiger partial charge is 0.366 e. The zero-order valence-electron chi connectivity index (χ0n) is 15.4. The number of nitrogens with zero attached hydrogens (tertiary/aromatic N) is 4. The first-order valence-electron chi connectivity index (χ1n) is 9.06. The van der Waals surface area contributed by atoms with E-state index in [1.807, 2.05) is 17.0 Å². The number of likely N-dealkylation sites (N-methyl/N-ethyl adjacent to an activating group) is 1. The summed E-state index contributed by atoms with van der Waals surface area (Å²) in [6.45, 7) is 2.41. The molecule has 1 aliphatic rings. The van der Waals surface area contributed by atoms with E-state index in [0.717, 1.165) is 4.70 Å². The van der Waals surface area contributed by atoms with Crippen LogP contribution in [0.1, 0.15) is 0 Å². The van der Waals surface area contributed by atoms with Gasteiger partial charge in [-0.15, -0.1) is 0 Å². The Hall–Kier alpha value is -2.74. The Bertz CT molecular complexity index is 1000. The highest BCUT2D eigenvalue weighted by Gasteiger charge is 2.24. The summed E-state index contributed by atoms with van der Waals surface area (Å²) in [6.07, 6.45) is 0. The molecule has 3 aromatic rings. The summed E-state index contributed by atoms with van der Waals surface area (Å²) in [6, 6.07) is 11.5. The molecule has 0 atom stereocenters. The summed E-state index contributed by atoms with van der Waals surface area (Å²) in [5.74, 6) is -0.621. The van der Waals surface area contributed by atoms with Crippen molar-refractivity contribution < 1.29 is 13.6 Å². The van der Waals surface area contributed by atoms with Crippen LogP contribution in [0.2, 0.25) is 0 Å². The highest BCUT2D eigenvalue weighted by atomic mass is 32.1. The Kier molecular flexibility index (Phi) is 5.13. The van der Waals surface area contributed by atoms with Crippen LogP contribution in [0, 0.1) is 11.6 Å². The van der Waals surface area contributed by atoms with Crippen molar-refractivity contribution in [2.45, 2.75) is 0 Å². The lowest BCUT2D eigenvalue weighted by Gasteiger charge is -2.36. The van der Waals surface area contributed by atoms with Crippen molar-refractivity contribution >= 4 is 38.3 Å². The zero-order valence-corrected chi connectivity index (χ0v) is 16.3. The molecule has 0 radical (unpaired) electrons. The number of hydrogen-bond donors (Lipinski definition) is 0. The molecule has 2 heterocycles. The van der Waals surface area contributed by atoms with Crippen molar-refractivity contribution in [3.8, 4) is 0 Å². The van der Waals surface area contributed by atoms with Gasteiger partial charge in [0.1, 0.15) is 17.2 Å². The topological polar surface area (TPSA) is 39.7 Å². The smallest absolute Gasteiger partial charge is 0.242 e. The lowest BCUT2D eigenvalue weighted by molar-refractivity contribution is -0.129. The molecule has 1 fully saturated rings. The van der Waals surface area contributed by atoms with Gasteiger partial charge in [-0.05, 0) is 24.3 Å². The van der Waals surface area contributed by atoms with E-state index in [2.05, 4.69) is 4.98 Å². The fourth-order valence-corrected chi connectivity index (χ4v) is 4.28. The molecule has 146 valence electrons. The minimum Gasteiger partial charge on any atom is -0.366 e. The molecule has 1 aromatic heterocycles. The number of halogens is 2. The van der Waals surface area contributed by atoms with E-state index < -0.39 is 0 Å². The SMILES string of the molecule is CN(CC(=O)N1CCN(c2ccccc2F)CC1)c1nc2c(F)cccc2s1. The Morgan fingerprint density at radius 3 is 2.50 bits per heavy atom. The van der Waals surface area contributed by atoms with Gasteiger partial charge in [0.15, 0.2) is 5.13 Å². The number of aromatic nitrogens is 1. The van der Waals surface area contributed by atoms with Crippen LogP contribution in [-0.4, -0.2) is 55.6 Å². The molecule has 5 nitrogen and oxygen atoms in total. The number of amides is 1. The molecular weight excluding hydrogens is 382 g/mol. The number of thiazole rings is 1. The lowest BCUT2D eigenvalue weighted by Crippen LogP contribution is -2.51. The number of rotatable bonds is 4. The van der Waals surface area contributed by atoms with Gasteiger partial charge in [-0.3, -0.25) is 4.79 Å². The third-order valence-electron chi connectivity index (χ3n) is 4.88. The van der Waals surface area contributed by atoms with Crippen LogP contribution in [0.5, 0.6) is 0 Å². The Morgan fingerprint density at radius 1 is 1.07 bits per heavy atom. The highest BCUT2D eigenvalue weighted by Crippen LogP contribution is 2.29. The number of fused-ring (bicyclic) bond motifs is 1. The number of para-hydroxylation sites is 2. The summed E-state index contributed by atoms with van der Waals surface area (Å²) in [5.41, 5.74) is 0.906. The predicted molar refractivity (Wildman–Crippen MR) is 108 cm³/mol. The van der Waals surface area contributed by atoms with E-state index in [9.17, 15) is 13.6 Å². The van der Waals surface area contributed by atoms with Crippen molar-refractivity contribution in [1.29, 1.82) is 0 Å². The lowest BCUT2D eigenvalue weighted by atomic mass is 10.2. The quantitative estimate of drug-likeness (QED) is 0.671. The van der Waals surface area contributed by atoms with Crippen molar-refractivity contribution in [1.82, 2.24) is 9.88 Å². The van der Waals surface area contributed by atoms with Gasteiger partial charge < -0.3 is 14.7 Å². The molecule has 2 aromatic carbocycles. The second-order valence-electron chi connectivity index (χ2n) is 6.76. The van der Waals surface area contributed by atoms with Gasteiger partial charge in [0, 0.05) is 33.2 Å². The molecule has 0 bridgehead atoms. The summed E-state index contributed by atoms with van der Waals surface area (Å²) < 4.78 is 28.5. The summed E-state index contributed by atoms with van der Waals surface area (Å²) >= 11 is 1.36. The number of carbonyl (C=O) groups is 1. The van der Waals surface area contributed by atoms with E-state index in [4.69, 9.17) is 0 Å². The molecule has 1 saturated heterocycles. The molecule has 8 heteroatoms. The Balaban J connectivity index is 1.37. The maximum Gasteiger partial charge on any atom is 0.242 e. The maximum absolute atomic E-state index is 13.9. The van der Waals surface area contributed by atoms with E-state index >= 15 is 0 Å². The minimum atomic E-state index is -0.357. The second-order valence-corrected chi connectivity index (χ2v) is 7.77. The summed E-state index contributed by atoms with van der Waals surface area (Å²) in [7, 11) is 1.78. The van der Waals surface area contributed by atoms with Crippen molar-refractivity contribution in [2.24, 2.45) is 0 Å². The van der Waals surface area contributed by atoms with Crippen LogP contribution in [0.25, 0.3) is 10.2 Å². The molecule has 0 saturated carbocycles. The van der Waals surface area contributed by atoms with E-state index in [1.54, 1.807) is 35.0 Å². The first-order valence-corrected chi connectivity index (χ1v) is 9.88. The maximum atomic E-state index is 13.9. The molecule has 0 aliphatic carbocycles. The van der Waals surface area contributed by atoms with Crippen LogP contribution in [0.15, 0.2) is 42.5 Å². The van der Waals surface area contributed by atoms with Gasteiger partial charge in [0.25, 0.3) is 0 Å². The number of carbonyl (C=O) groups excluding carboxylic acids is 1. The molecule has 4 rings (SSSR count). The monoisotopic (exact) mass is 402 g/mol. The first-order chi connectivity index (χ1) is 13.5. The average molecular weight is 402 g/mol. The third kappa shape index (κ3) is 3.64. The predicted octanol–water partition coefficient (Wildman–Crippen LogP) is 3.36. The van der Waals surface area contributed by atoms with Gasteiger partial charge in [0.05, 0.1) is 16.9 Å². The van der Waals surface area contributed by atoms with Gasteiger partial charge in [0.2, 0.25) is 5.91 Å². The number of hydrogen-bond acceptors (Lipinski definition) is 5. The normalized spacial score (nSPS) is 14.5. The van der Waals surface area contributed by atoms with Crippen LogP contribution in [0.4, 0.5) is 19.6 Å². The minimum absolute atomic E-state index is 0.0181. The van der Waals surface area contributed by atoms with Crippen molar-refractivity contribution in [3.05, 3.63) is 54.1 Å². The first kappa shape index (κ1) is 18.6. The summed E-state index contributed by atoms with van der Waals surface area (Å²) in [5, 5.41) is 0.610. The molecule has 0 unspecified atom stereocenters. The van der Waals surface area contributed by atoms with Gasteiger partial charge >= 0.3 is 0 Å². The molecule has 28 heavy (non-hydrogen) atoms. The highest BCUT2D eigenvalue weighted by molar-refractivity contribution is 7.22. The number of piperazine rings is 1. The average Bonchev–Trinajstić information content (AvgIpc) is 3.14. The standard InChI is InChI=1S/C20H20F2N4OS/c1-24(20-23-19-15(22)6-4-8-17(19)28-20)13-18(27)26-11-9-25(10-12-26)16-7-3-2-5-14(16)21/h2-8H,9-13H2,1H3.